The van der Waals surface area contributed by atoms with Gasteiger partial charge in [-0.05, 0) is 86.7 Å². The summed E-state index contributed by atoms with van der Waals surface area (Å²) < 4.78 is 13.9. The van der Waals surface area contributed by atoms with Crippen LogP contribution in [0.2, 0.25) is 10.0 Å². The first kappa shape index (κ1) is 26.4. The first-order valence-corrected chi connectivity index (χ1v) is 12.7. The molecule has 0 saturated carbocycles. The number of anilines is 2. The Kier molecular flexibility index (Phi) is 7.60. The Balaban J connectivity index is 1.81. The number of aliphatic hydroxyl groups is 1. The molecule has 1 aliphatic heterocycles. The molecule has 2 aromatic carbocycles. The molecule has 1 saturated heterocycles. The van der Waals surface area contributed by atoms with Crippen molar-refractivity contribution in [1.29, 1.82) is 0 Å². The monoisotopic (exact) mass is 529 g/mol. The van der Waals surface area contributed by atoms with Gasteiger partial charge in [0.25, 0.3) is 0 Å². The van der Waals surface area contributed by atoms with Crippen LogP contribution in [-0.2, 0) is 10.2 Å². The van der Waals surface area contributed by atoms with E-state index in [0.717, 1.165) is 41.9 Å². The number of hydrogen-bond donors (Lipinski definition) is 1. The molecule has 8 heteroatoms. The zero-order valence-electron chi connectivity index (χ0n) is 20.9. The van der Waals surface area contributed by atoms with E-state index in [9.17, 15) is 14.3 Å². The fraction of sp³-hybridized carbons (Fsp3) is 0.357. The third-order valence-corrected chi connectivity index (χ3v) is 7.45. The van der Waals surface area contributed by atoms with E-state index in [1.165, 1.54) is 12.1 Å². The summed E-state index contributed by atoms with van der Waals surface area (Å²) in [5, 5.41) is 10.7. The van der Waals surface area contributed by atoms with E-state index in [0.29, 0.717) is 21.3 Å². The van der Waals surface area contributed by atoms with Crippen LogP contribution in [0.5, 0.6) is 0 Å². The molecule has 0 bridgehead atoms. The van der Waals surface area contributed by atoms with Gasteiger partial charge in [0.05, 0.1) is 29.9 Å². The van der Waals surface area contributed by atoms with E-state index >= 15 is 0 Å². The van der Waals surface area contributed by atoms with Crippen LogP contribution in [0.4, 0.5) is 15.9 Å². The van der Waals surface area contributed by atoms with E-state index in [1.807, 2.05) is 26.8 Å². The maximum atomic E-state index is 13.9. The summed E-state index contributed by atoms with van der Waals surface area (Å²) in [5.41, 5.74) is 2.67. The van der Waals surface area contributed by atoms with Gasteiger partial charge in [0, 0.05) is 29.2 Å². The van der Waals surface area contributed by atoms with E-state index in [-0.39, 0.29) is 24.4 Å². The molecule has 1 amide bonds. The van der Waals surface area contributed by atoms with E-state index < -0.39 is 5.41 Å². The van der Waals surface area contributed by atoms with Crippen molar-refractivity contribution in [1.82, 2.24) is 4.98 Å². The second-order valence-electron chi connectivity index (χ2n) is 9.84. The van der Waals surface area contributed by atoms with E-state index in [1.54, 1.807) is 42.4 Å². The molecule has 0 spiro atoms. The Morgan fingerprint density at radius 2 is 1.86 bits per heavy atom. The fourth-order valence-corrected chi connectivity index (χ4v) is 5.43. The van der Waals surface area contributed by atoms with Gasteiger partial charge in [0.1, 0.15) is 11.6 Å². The van der Waals surface area contributed by atoms with Crippen LogP contribution in [-0.4, -0.2) is 42.2 Å². The van der Waals surface area contributed by atoms with Crippen LogP contribution in [0.15, 0.2) is 48.7 Å². The Morgan fingerprint density at radius 3 is 2.50 bits per heavy atom. The number of likely N-dealkylation sites (N-methyl/N-ethyl adjacent to an activating group) is 1. The summed E-state index contributed by atoms with van der Waals surface area (Å²) in [6.45, 7) is 6.33. The summed E-state index contributed by atoms with van der Waals surface area (Å²) in [6, 6.07) is 11.7. The number of rotatable bonds is 6. The van der Waals surface area contributed by atoms with Crippen molar-refractivity contribution in [3.05, 3.63) is 75.7 Å². The van der Waals surface area contributed by atoms with Crippen molar-refractivity contribution in [2.24, 2.45) is 0 Å². The summed E-state index contributed by atoms with van der Waals surface area (Å²) in [7, 11) is 1.71. The normalized spacial score (nSPS) is 15.9. The number of aryl methyl sites for hydroxylation is 1. The number of aromatic nitrogens is 1. The molecule has 3 aromatic rings. The summed E-state index contributed by atoms with van der Waals surface area (Å²) in [6.07, 6.45) is 3.53. The highest BCUT2D eigenvalue weighted by molar-refractivity contribution is 6.34. The number of hydrogen-bond acceptors (Lipinski definition) is 4. The number of carbonyl (C=O) groups is 1. The van der Waals surface area contributed by atoms with Crippen molar-refractivity contribution >= 4 is 40.6 Å². The highest BCUT2D eigenvalue weighted by atomic mass is 35.5. The highest BCUT2D eigenvalue weighted by Gasteiger charge is 2.35. The van der Waals surface area contributed by atoms with Crippen molar-refractivity contribution in [2.75, 3.05) is 30.0 Å². The first-order chi connectivity index (χ1) is 17.0. The molecular formula is C28H30Cl2FN3O2. The third-order valence-electron chi connectivity index (χ3n) is 7.01. The quantitative estimate of drug-likeness (QED) is 0.401. The zero-order valence-corrected chi connectivity index (χ0v) is 22.4. The van der Waals surface area contributed by atoms with Crippen LogP contribution in [0.25, 0.3) is 11.1 Å². The molecule has 1 aromatic heterocycles. The van der Waals surface area contributed by atoms with Crippen LogP contribution in [0.1, 0.15) is 37.8 Å². The molecular weight excluding hydrogens is 500 g/mol. The lowest BCUT2D eigenvalue weighted by Gasteiger charge is -2.32. The number of pyridine rings is 1. The predicted octanol–water partition coefficient (Wildman–Crippen LogP) is 6.40. The largest absolute Gasteiger partial charge is 0.394 e. The summed E-state index contributed by atoms with van der Waals surface area (Å²) in [5.74, 6) is 0.219. The lowest BCUT2D eigenvalue weighted by Crippen LogP contribution is -2.42. The molecule has 5 nitrogen and oxygen atoms in total. The molecule has 1 unspecified atom stereocenters. The Labute approximate surface area is 221 Å². The van der Waals surface area contributed by atoms with Crippen LogP contribution < -0.4 is 9.80 Å². The number of amides is 1. The minimum atomic E-state index is -0.936. The second-order valence-corrected chi connectivity index (χ2v) is 10.7. The first-order valence-electron chi connectivity index (χ1n) is 11.9. The maximum Gasteiger partial charge on any atom is 0.236 e. The highest BCUT2D eigenvalue weighted by Crippen LogP contribution is 2.39. The third kappa shape index (κ3) is 5.08. The molecule has 0 aliphatic carbocycles. The number of carbonyl (C=O) groups excluding carboxylic acids is 1. The van der Waals surface area contributed by atoms with Gasteiger partial charge in [0.15, 0.2) is 0 Å². The van der Waals surface area contributed by atoms with Gasteiger partial charge in [-0.2, -0.15) is 0 Å². The molecule has 1 fully saturated rings. The molecule has 0 radical (unpaired) electrons. The van der Waals surface area contributed by atoms with Gasteiger partial charge >= 0.3 is 0 Å². The van der Waals surface area contributed by atoms with Crippen molar-refractivity contribution in [2.45, 2.75) is 45.1 Å². The molecule has 4 rings (SSSR count). The van der Waals surface area contributed by atoms with Gasteiger partial charge in [-0.25, -0.2) is 9.37 Å². The number of aliphatic hydroxyl groups excluding tert-OH is 1. The van der Waals surface area contributed by atoms with Gasteiger partial charge in [-0.3, -0.25) is 4.79 Å². The average Bonchev–Trinajstić information content (AvgIpc) is 3.31. The van der Waals surface area contributed by atoms with Crippen LogP contribution in [0, 0.1) is 12.7 Å². The van der Waals surface area contributed by atoms with Gasteiger partial charge < -0.3 is 14.9 Å². The number of halogens is 3. The van der Waals surface area contributed by atoms with Crippen molar-refractivity contribution in [3.63, 3.8) is 0 Å². The SMILES string of the molecule is Cc1cc(F)ccc1-c1cc(N2CCCC2CO)ncc1N(C)C(=O)C(C)(C)c1cc(Cl)cc(Cl)c1. The standard InChI is InChI=1S/C28H30Cl2FN3O2/c1-17-10-21(31)7-8-23(17)24-14-26(34-9-5-6-22(34)16-35)32-15-25(24)33(4)27(36)28(2,3)18-11-19(29)13-20(30)12-18/h7-8,10-15,22,35H,5-6,9,16H2,1-4H3. The molecule has 1 atom stereocenters. The Hall–Kier alpha value is -2.67. The number of benzene rings is 2. The van der Waals surface area contributed by atoms with Crippen molar-refractivity contribution < 1.29 is 14.3 Å². The van der Waals surface area contributed by atoms with Crippen molar-refractivity contribution in [3.8, 4) is 11.1 Å². The smallest absolute Gasteiger partial charge is 0.236 e. The lowest BCUT2D eigenvalue weighted by atomic mass is 9.83. The lowest BCUT2D eigenvalue weighted by molar-refractivity contribution is -0.122. The second kappa shape index (κ2) is 10.4. The Morgan fingerprint density at radius 1 is 1.17 bits per heavy atom. The molecule has 36 heavy (non-hydrogen) atoms. The minimum absolute atomic E-state index is 0.00335. The predicted molar refractivity (Wildman–Crippen MR) is 145 cm³/mol. The average molecular weight is 530 g/mol. The maximum absolute atomic E-state index is 13.9. The molecule has 190 valence electrons. The Bertz CT molecular complexity index is 1280. The summed E-state index contributed by atoms with van der Waals surface area (Å²) >= 11 is 12.4. The minimum Gasteiger partial charge on any atom is -0.394 e. The molecule has 2 heterocycles. The van der Waals surface area contributed by atoms with E-state index in [2.05, 4.69) is 9.88 Å². The zero-order chi connectivity index (χ0) is 26.2. The fourth-order valence-electron chi connectivity index (χ4n) is 4.90. The van der Waals surface area contributed by atoms with Gasteiger partial charge in [-0.15, -0.1) is 0 Å². The van der Waals surface area contributed by atoms with Crippen LogP contribution >= 0.6 is 23.2 Å². The number of nitrogens with zero attached hydrogens (tertiary/aromatic N) is 3. The van der Waals surface area contributed by atoms with Gasteiger partial charge in [0.2, 0.25) is 5.91 Å². The molecule has 1 N–H and O–H groups in total. The van der Waals surface area contributed by atoms with Gasteiger partial charge in [-0.1, -0.05) is 29.3 Å². The summed E-state index contributed by atoms with van der Waals surface area (Å²) in [4.78, 5) is 22.2. The van der Waals surface area contributed by atoms with Crippen LogP contribution in [0.3, 0.4) is 0 Å². The van der Waals surface area contributed by atoms with E-state index in [4.69, 9.17) is 23.2 Å². The molecule has 1 aliphatic rings. The topological polar surface area (TPSA) is 56.7 Å².